The summed E-state index contributed by atoms with van der Waals surface area (Å²) in [5.74, 6) is -0.230. The molecule has 2 amide bonds. The number of nitrogens with zero attached hydrogens (tertiary/aromatic N) is 2. The van der Waals surface area contributed by atoms with Crippen LogP contribution in [0.3, 0.4) is 0 Å². The van der Waals surface area contributed by atoms with Crippen LogP contribution in [0, 0.1) is 0 Å². The first kappa shape index (κ1) is 18.3. The molecule has 24 heavy (non-hydrogen) atoms. The van der Waals surface area contributed by atoms with E-state index in [1.165, 1.54) is 12.1 Å². The maximum atomic E-state index is 12.7. The van der Waals surface area contributed by atoms with E-state index < -0.39 is 11.7 Å². The van der Waals surface area contributed by atoms with E-state index in [0.29, 0.717) is 31.7 Å². The van der Waals surface area contributed by atoms with Crippen molar-refractivity contribution >= 4 is 11.8 Å². The lowest BCUT2D eigenvalue weighted by molar-refractivity contribution is -0.138. The van der Waals surface area contributed by atoms with Crippen LogP contribution in [0.2, 0.25) is 0 Å². The van der Waals surface area contributed by atoms with Crippen LogP contribution in [0.1, 0.15) is 30.9 Å². The standard InChI is InChI=1S/C17H21F3N2O2/c1-2-7-21-9-10-22(8-6-15(21)23)16(24)12-13-4-3-5-14(11-13)17(18,19)20/h3-5,11H,2,6-10,12H2,1H3. The van der Waals surface area contributed by atoms with Gasteiger partial charge in [-0.2, -0.15) is 13.2 Å². The number of hydrogen-bond donors (Lipinski definition) is 0. The maximum absolute atomic E-state index is 12.7. The van der Waals surface area contributed by atoms with Crippen LogP contribution in [0.5, 0.6) is 0 Å². The molecule has 1 aliphatic heterocycles. The van der Waals surface area contributed by atoms with E-state index in [2.05, 4.69) is 0 Å². The van der Waals surface area contributed by atoms with Crippen molar-refractivity contribution in [2.45, 2.75) is 32.4 Å². The Bertz CT molecular complexity index is 602. The molecular formula is C17H21F3N2O2. The first-order valence-electron chi connectivity index (χ1n) is 8.03. The van der Waals surface area contributed by atoms with E-state index in [0.717, 1.165) is 18.6 Å². The molecule has 7 heteroatoms. The van der Waals surface area contributed by atoms with Gasteiger partial charge in [0.2, 0.25) is 11.8 Å². The minimum atomic E-state index is -4.42. The molecule has 1 heterocycles. The number of halogens is 3. The van der Waals surface area contributed by atoms with Crippen molar-refractivity contribution in [3.05, 3.63) is 35.4 Å². The summed E-state index contributed by atoms with van der Waals surface area (Å²) in [5, 5.41) is 0. The molecule has 1 saturated heterocycles. The van der Waals surface area contributed by atoms with Gasteiger partial charge in [0.05, 0.1) is 12.0 Å². The summed E-state index contributed by atoms with van der Waals surface area (Å²) < 4.78 is 38.2. The highest BCUT2D eigenvalue weighted by molar-refractivity contribution is 5.81. The Balaban J connectivity index is 2.01. The van der Waals surface area contributed by atoms with Crippen molar-refractivity contribution < 1.29 is 22.8 Å². The topological polar surface area (TPSA) is 40.6 Å². The number of carbonyl (C=O) groups excluding carboxylic acids is 2. The van der Waals surface area contributed by atoms with E-state index >= 15 is 0 Å². The number of hydrogen-bond acceptors (Lipinski definition) is 2. The second-order valence-corrected chi connectivity index (χ2v) is 5.89. The molecule has 0 unspecified atom stereocenters. The van der Waals surface area contributed by atoms with Crippen molar-refractivity contribution in [3.63, 3.8) is 0 Å². The van der Waals surface area contributed by atoms with Crippen molar-refractivity contribution in [2.75, 3.05) is 26.2 Å². The lowest BCUT2D eigenvalue weighted by Crippen LogP contribution is -2.36. The molecule has 1 fully saturated rings. The molecule has 0 spiro atoms. The van der Waals surface area contributed by atoms with Crippen molar-refractivity contribution in [1.82, 2.24) is 9.80 Å². The van der Waals surface area contributed by atoms with E-state index in [9.17, 15) is 22.8 Å². The predicted octanol–water partition coefficient (Wildman–Crippen LogP) is 2.72. The van der Waals surface area contributed by atoms with Gasteiger partial charge in [0.25, 0.3) is 0 Å². The number of alkyl halides is 3. The Morgan fingerprint density at radius 3 is 2.62 bits per heavy atom. The van der Waals surface area contributed by atoms with Gasteiger partial charge in [-0.25, -0.2) is 0 Å². The monoisotopic (exact) mass is 342 g/mol. The maximum Gasteiger partial charge on any atom is 0.416 e. The summed E-state index contributed by atoms with van der Waals surface area (Å²) >= 11 is 0. The third-order valence-corrected chi connectivity index (χ3v) is 4.04. The molecule has 2 rings (SSSR count). The summed E-state index contributed by atoms with van der Waals surface area (Å²) in [7, 11) is 0. The SMILES string of the molecule is CCCN1CCN(C(=O)Cc2cccc(C(F)(F)F)c2)CCC1=O. The Morgan fingerprint density at radius 1 is 1.21 bits per heavy atom. The van der Waals surface area contributed by atoms with Gasteiger partial charge >= 0.3 is 6.18 Å². The van der Waals surface area contributed by atoms with Crippen LogP contribution in [0.4, 0.5) is 13.2 Å². The second-order valence-electron chi connectivity index (χ2n) is 5.89. The Labute approximate surface area is 139 Å². The average Bonchev–Trinajstić information content (AvgIpc) is 2.70. The largest absolute Gasteiger partial charge is 0.416 e. The molecule has 0 radical (unpaired) electrons. The normalized spacial score (nSPS) is 16.2. The van der Waals surface area contributed by atoms with Crippen molar-refractivity contribution in [2.24, 2.45) is 0 Å². The van der Waals surface area contributed by atoms with Gasteiger partial charge in [0.15, 0.2) is 0 Å². The Hall–Kier alpha value is -2.05. The van der Waals surface area contributed by atoms with Gasteiger partial charge in [-0.15, -0.1) is 0 Å². The van der Waals surface area contributed by atoms with Gasteiger partial charge in [0, 0.05) is 32.6 Å². The first-order valence-corrected chi connectivity index (χ1v) is 8.03. The van der Waals surface area contributed by atoms with Crippen LogP contribution >= 0.6 is 0 Å². The molecule has 1 aliphatic rings. The van der Waals surface area contributed by atoms with Gasteiger partial charge in [0.1, 0.15) is 0 Å². The zero-order chi connectivity index (χ0) is 17.7. The molecule has 0 saturated carbocycles. The van der Waals surface area contributed by atoms with Crippen LogP contribution < -0.4 is 0 Å². The van der Waals surface area contributed by atoms with Crippen LogP contribution in [0.15, 0.2) is 24.3 Å². The lowest BCUT2D eigenvalue weighted by Gasteiger charge is -2.22. The highest BCUT2D eigenvalue weighted by Gasteiger charge is 2.30. The van der Waals surface area contributed by atoms with E-state index in [4.69, 9.17) is 0 Å². The molecule has 0 atom stereocenters. The molecule has 0 bridgehead atoms. The number of benzene rings is 1. The molecule has 1 aromatic carbocycles. The molecule has 1 aromatic rings. The fraction of sp³-hybridized carbons (Fsp3) is 0.529. The van der Waals surface area contributed by atoms with Gasteiger partial charge in [-0.3, -0.25) is 9.59 Å². The Kier molecular flexibility index (Phi) is 5.85. The fourth-order valence-electron chi connectivity index (χ4n) is 2.77. The summed E-state index contributed by atoms with van der Waals surface area (Å²) in [6, 6.07) is 4.81. The predicted molar refractivity (Wildman–Crippen MR) is 83.2 cm³/mol. The highest BCUT2D eigenvalue weighted by atomic mass is 19.4. The van der Waals surface area contributed by atoms with Gasteiger partial charge in [-0.05, 0) is 18.1 Å². The molecule has 0 N–H and O–H groups in total. The van der Waals surface area contributed by atoms with E-state index in [-0.39, 0.29) is 24.7 Å². The summed E-state index contributed by atoms with van der Waals surface area (Å²) in [6.45, 7) is 3.85. The smallest absolute Gasteiger partial charge is 0.341 e. The molecule has 4 nitrogen and oxygen atoms in total. The molecule has 0 aliphatic carbocycles. The highest BCUT2D eigenvalue weighted by Crippen LogP contribution is 2.29. The second kappa shape index (κ2) is 7.68. The quantitative estimate of drug-likeness (QED) is 0.844. The Morgan fingerprint density at radius 2 is 1.96 bits per heavy atom. The number of amides is 2. The summed E-state index contributed by atoms with van der Waals surface area (Å²) in [5.41, 5.74) is -0.427. The molecule has 132 valence electrons. The summed E-state index contributed by atoms with van der Waals surface area (Å²) in [4.78, 5) is 27.6. The summed E-state index contributed by atoms with van der Waals surface area (Å²) in [6.07, 6.45) is -3.40. The van der Waals surface area contributed by atoms with Gasteiger partial charge < -0.3 is 9.80 Å². The zero-order valence-corrected chi connectivity index (χ0v) is 13.6. The lowest BCUT2D eigenvalue weighted by atomic mass is 10.1. The van der Waals surface area contributed by atoms with Crippen molar-refractivity contribution in [1.29, 1.82) is 0 Å². The average molecular weight is 342 g/mol. The minimum Gasteiger partial charge on any atom is -0.341 e. The number of carbonyl (C=O) groups is 2. The zero-order valence-electron chi connectivity index (χ0n) is 13.6. The third-order valence-electron chi connectivity index (χ3n) is 4.04. The van der Waals surface area contributed by atoms with E-state index in [1.807, 2.05) is 6.92 Å². The number of rotatable bonds is 4. The van der Waals surface area contributed by atoms with E-state index in [1.54, 1.807) is 9.80 Å². The molecular weight excluding hydrogens is 321 g/mol. The first-order chi connectivity index (χ1) is 11.3. The fourth-order valence-corrected chi connectivity index (χ4v) is 2.77. The third kappa shape index (κ3) is 4.72. The van der Waals surface area contributed by atoms with Crippen LogP contribution in [-0.4, -0.2) is 47.8 Å². The minimum absolute atomic E-state index is 0.0196. The van der Waals surface area contributed by atoms with Gasteiger partial charge in [-0.1, -0.05) is 25.1 Å². The molecule has 0 aromatic heterocycles. The van der Waals surface area contributed by atoms with Crippen LogP contribution in [0.25, 0.3) is 0 Å². The van der Waals surface area contributed by atoms with Crippen molar-refractivity contribution in [3.8, 4) is 0 Å². The van der Waals surface area contributed by atoms with Crippen LogP contribution in [-0.2, 0) is 22.2 Å².